The van der Waals surface area contributed by atoms with Gasteiger partial charge < -0.3 is 5.32 Å². The van der Waals surface area contributed by atoms with Crippen LogP contribution < -0.4 is 5.32 Å². The Kier molecular flexibility index (Phi) is 5.64. The van der Waals surface area contributed by atoms with E-state index in [2.05, 4.69) is 67.9 Å². The molecule has 1 aromatic heterocycles. The maximum absolute atomic E-state index is 6.03. The molecule has 1 N–H and O–H groups in total. The third-order valence-corrected chi connectivity index (χ3v) is 4.56. The van der Waals surface area contributed by atoms with Gasteiger partial charge >= 0.3 is 0 Å². The molecule has 1 nitrogen and oxygen atoms in total. The molecule has 0 saturated carbocycles. The average Bonchev–Trinajstić information content (AvgIpc) is 2.85. The van der Waals surface area contributed by atoms with Crippen LogP contribution in [0.5, 0.6) is 0 Å². The van der Waals surface area contributed by atoms with Crippen molar-refractivity contribution in [3.8, 4) is 0 Å². The summed E-state index contributed by atoms with van der Waals surface area (Å²) in [4.78, 5) is 0. The van der Waals surface area contributed by atoms with Crippen LogP contribution >= 0.6 is 22.9 Å². The molecule has 0 aliphatic carbocycles. The SMILES string of the molecule is CC(C)CC(NC(C)c1csc(Cl)c1)c1ccccc1. The van der Waals surface area contributed by atoms with Crippen LogP contribution in [0.1, 0.15) is 50.4 Å². The van der Waals surface area contributed by atoms with Gasteiger partial charge in [0, 0.05) is 12.1 Å². The standard InChI is InChI=1S/C17H22ClNS/c1-12(2)9-16(14-7-5-4-6-8-14)19-13(3)15-10-17(18)20-11-15/h4-8,10-13,16,19H,9H2,1-3H3. The molecule has 108 valence electrons. The molecule has 0 radical (unpaired) electrons. The van der Waals surface area contributed by atoms with Gasteiger partial charge in [-0.05, 0) is 41.8 Å². The van der Waals surface area contributed by atoms with Crippen molar-refractivity contribution in [2.24, 2.45) is 5.92 Å². The minimum Gasteiger partial charge on any atom is -0.303 e. The maximum Gasteiger partial charge on any atom is 0.0931 e. The Morgan fingerprint density at radius 3 is 2.35 bits per heavy atom. The van der Waals surface area contributed by atoms with Crippen molar-refractivity contribution < 1.29 is 0 Å². The quantitative estimate of drug-likeness (QED) is 0.707. The van der Waals surface area contributed by atoms with Crippen LogP contribution in [0, 0.1) is 5.92 Å². The van der Waals surface area contributed by atoms with Crippen molar-refractivity contribution in [3.05, 3.63) is 57.2 Å². The average molecular weight is 308 g/mol. The first-order chi connectivity index (χ1) is 9.56. The van der Waals surface area contributed by atoms with E-state index in [1.165, 1.54) is 11.1 Å². The van der Waals surface area contributed by atoms with Crippen LogP contribution in [-0.4, -0.2) is 0 Å². The largest absolute Gasteiger partial charge is 0.303 e. The van der Waals surface area contributed by atoms with Gasteiger partial charge in [0.05, 0.1) is 4.34 Å². The Hall–Kier alpha value is -0.830. The number of nitrogens with one attached hydrogen (secondary N) is 1. The number of hydrogen-bond acceptors (Lipinski definition) is 2. The number of rotatable bonds is 6. The highest BCUT2D eigenvalue weighted by Gasteiger charge is 2.17. The number of thiophene rings is 1. The Balaban J connectivity index is 2.11. The van der Waals surface area contributed by atoms with E-state index in [9.17, 15) is 0 Å². The van der Waals surface area contributed by atoms with Crippen molar-refractivity contribution in [1.29, 1.82) is 0 Å². The first kappa shape index (κ1) is 15.6. The van der Waals surface area contributed by atoms with E-state index in [0.717, 1.165) is 10.8 Å². The van der Waals surface area contributed by atoms with E-state index in [4.69, 9.17) is 11.6 Å². The molecule has 0 bridgehead atoms. The summed E-state index contributed by atoms with van der Waals surface area (Å²) in [5.74, 6) is 0.658. The van der Waals surface area contributed by atoms with E-state index in [1.54, 1.807) is 11.3 Å². The lowest BCUT2D eigenvalue weighted by molar-refractivity contribution is 0.394. The molecule has 1 aromatic carbocycles. The fourth-order valence-corrected chi connectivity index (χ4v) is 3.39. The second kappa shape index (κ2) is 7.26. The zero-order chi connectivity index (χ0) is 14.5. The van der Waals surface area contributed by atoms with E-state index >= 15 is 0 Å². The van der Waals surface area contributed by atoms with Gasteiger partial charge in [-0.2, -0.15) is 0 Å². The van der Waals surface area contributed by atoms with Gasteiger partial charge in [0.15, 0.2) is 0 Å². The van der Waals surface area contributed by atoms with Gasteiger partial charge in [-0.15, -0.1) is 11.3 Å². The van der Waals surface area contributed by atoms with Gasteiger partial charge in [-0.25, -0.2) is 0 Å². The van der Waals surface area contributed by atoms with Crippen LogP contribution in [0.2, 0.25) is 4.34 Å². The molecule has 0 spiro atoms. The molecular formula is C17H22ClNS. The second-order valence-electron chi connectivity index (χ2n) is 5.67. The highest BCUT2D eigenvalue weighted by Crippen LogP contribution is 2.28. The first-order valence-corrected chi connectivity index (χ1v) is 8.37. The maximum atomic E-state index is 6.03. The predicted molar refractivity (Wildman–Crippen MR) is 89.5 cm³/mol. The predicted octanol–water partition coefficient (Wildman–Crippen LogP) is 5.84. The highest BCUT2D eigenvalue weighted by atomic mass is 35.5. The minimum atomic E-state index is 0.308. The monoisotopic (exact) mass is 307 g/mol. The fourth-order valence-electron chi connectivity index (χ4n) is 2.41. The second-order valence-corrected chi connectivity index (χ2v) is 7.21. The lowest BCUT2D eigenvalue weighted by atomic mass is 9.96. The van der Waals surface area contributed by atoms with Crippen LogP contribution in [0.15, 0.2) is 41.8 Å². The summed E-state index contributed by atoms with van der Waals surface area (Å²) in [7, 11) is 0. The molecule has 3 heteroatoms. The molecule has 0 amide bonds. The third kappa shape index (κ3) is 4.34. The molecule has 2 rings (SSSR count). The summed E-state index contributed by atoms with van der Waals surface area (Å²) in [5.41, 5.74) is 2.62. The van der Waals surface area contributed by atoms with E-state index < -0.39 is 0 Å². The molecule has 2 aromatic rings. The summed E-state index contributed by atoms with van der Waals surface area (Å²) in [6, 6.07) is 13.4. The molecule has 20 heavy (non-hydrogen) atoms. The molecule has 0 saturated heterocycles. The fraction of sp³-hybridized carbons (Fsp3) is 0.412. The van der Waals surface area contributed by atoms with Crippen LogP contribution in [0.25, 0.3) is 0 Å². The number of halogens is 1. The summed E-state index contributed by atoms with van der Waals surface area (Å²) in [5, 5.41) is 5.88. The Morgan fingerprint density at radius 2 is 1.80 bits per heavy atom. The van der Waals surface area contributed by atoms with Crippen molar-refractivity contribution in [2.45, 2.75) is 39.3 Å². The van der Waals surface area contributed by atoms with Crippen molar-refractivity contribution in [3.63, 3.8) is 0 Å². The van der Waals surface area contributed by atoms with Gasteiger partial charge in [-0.3, -0.25) is 0 Å². The van der Waals surface area contributed by atoms with Crippen LogP contribution in [0.4, 0.5) is 0 Å². The molecular weight excluding hydrogens is 286 g/mol. The molecule has 0 fully saturated rings. The summed E-state index contributed by atoms with van der Waals surface area (Å²) >= 11 is 7.63. The summed E-state index contributed by atoms with van der Waals surface area (Å²) < 4.78 is 0.855. The Morgan fingerprint density at radius 1 is 1.10 bits per heavy atom. The summed E-state index contributed by atoms with van der Waals surface area (Å²) in [6.07, 6.45) is 1.13. The Bertz CT molecular complexity index is 521. The lowest BCUT2D eigenvalue weighted by Crippen LogP contribution is -2.25. The van der Waals surface area contributed by atoms with Crippen molar-refractivity contribution in [1.82, 2.24) is 5.32 Å². The van der Waals surface area contributed by atoms with Gasteiger partial charge in [0.2, 0.25) is 0 Å². The highest BCUT2D eigenvalue weighted by molar-refractivity contribution is 7.14. The molecule has 1 heterocycles. The topological polar surface area (TPSA) is 12.0 Å². The van der Waals surface area contributed by atoms with E-state index in [-0.39, 0.29) is 0 Å². The van der Waals surface area contributed by atoms with E-state index in [0.29, 0.717) is 18.0 Å². The van der Waals surface area contributed by atoms with Crippen LogP contribution in [0.3, 0.4) is 0 Å². The van der Waals surface area contributed by atoms with Crippen LogP contribution in [-0.2, 0) is 0 Å². The normalized spacial score (nSPS) is 14.4. The lowest BCUT2D eigenvalue weighted by Gasteiger charge is -2.25. The summed E-state index contributed by atoms with van der Waals surface area (Å²) in [6.45, 7) is 6.74. The zero-order valence-corrected chi connectivity index (χ0v) is 13.8. The molecule has 0 aliphatic rings. The zero-order valence-electron chi connectivity index (χ0n) is 12.3. The molecule has 2 unspecified atom stereocenters. The third-order valence-electron chi connectivity index (χ3n) is 3.45. The number of hydrogen-bond donors (Lipinski definition) is 1. The van der Waals surface area contributed by atoms with E-state index in [1.807, 2.05) is 0 Å². The number of benzene rings is 1. The first-order valence-electron chi connectivity index (χ1n) is 7.11. The van der Waals surface area contributed by atoms with Gasteiger partial charge in [0.25, 0.3) is 0 Å². The van der Waals surface area contributed by atoms with Gasteiger partial charge in [0.1, 0.15) is 0 Å². The minimum absolute atomic E-state index is 0.308. The van der Waals surface area contributed by atoms with Gasteiger partial charge in [-0.1, -0.05) is 55.8 Å². The molecule has 2 atom stereocenters. The van der Waals surface area contributed by atoms with Crippen molar-refractivity contribution >= 4 is 22.9 Å². The molecule has 0 aliphatic heterocycles. The smallest absolute Gasteiger partial charge is 0.0931 e. The van der Waals surface area contributed by atoms with Crippen molar-refractivity contribution in [2.75, 3.05) is 0 Å². The Labute approximate surface area is 131 Å².